The molecular formula is C18H20N2O4. The van der Waals surface area contributed by atoms with Crippen molar-refractivity contribution in [2.45, 2.75) is 6.92 Å². The Bertz CT molecular complexity index is 716. The Labute approximate surface area is 140 Å². The molecule has 0 unspecified atom stereocenters. The van der Waals surface area contributed by atoms with Crippen molar-refractivity contribution in [1.82, 2.24) is 0 Å². The maximum Gasteiger partial charge on any atom is 0.339 e. The van der Waals surface area contributed by atoms with Gasteiger partial charge in [-0.15, -0.1) is 0 Å². The number of anilines is 2. The zero-order valence-corrected chi connectivity index (χ0v) is 13.7. The van der Waals surface area contributed by atoms with Crippen molar-refractivity contribution in [3.8, 4) is 5.75 Å². The number of esters is 1. The largest absolute Gasteiger partial charge is 0.492 e. The molecule has 0 radical (unpaired) electrons. The van der Waals surface area contributed by atoms with Gasteiger partial charge in [0, 0.05) is 5.69 Å². The van der Waals surface area contributed by atoms with Crippen LogP contribution in [0.25, 0.3) is 0 Å². The molecule has 2 aromatic carbocycles. The molecule has 0 bridgehead atoms. The molecule has 24 heavy (non-hydrogen) atoms. The lowest BCUT2D eigenvalue weighted by molar-refractivity contribution is -0.114. The molecule has 0 aliphatic carbocycles. The van der Waals surface area contributed by atoms with E-state index in [1.165, 1.54) is 7.11 Å². The quantitative estimate of drug-likeness (QED) is 0.764. The van der Waals surface area contributed by atoms with E-state index < -0.39 is 5.97 Å². The molecule has 0 aliphatic heterocycles. The number of rotatable bonds is 7. The van der Waals surface area contributed by atoms with Gasteiger partial charge < -0.3 is 20.1 Å². The molecule has 0 aromatic heterocycles. The fourth-order valence-corrected chi connectivity index (χ4v) is 2.15. The van der Waals surface area contributed by atoms with Gasteiger partial charge in [0.2, 0.25) is 5.91 Å². The van der Waals surface area contributed by atoms with Crippen LogP contribution in [0.3, 0.4) is 0 Å². The van der Waals surface area contributed by atoms with Crippen LogP contribution < -0.4 is 15.4 Å². The number of hydrogen-bond donors (Lipinski definition) is 2. The van der Waals surface area contributed by atoms with Crippen LogP contribution in [-0.2, 0) is 9.53 Å². The minimum atomic E-state index is -0.458. The van der Waals surface area contributed by atoms with E-state index in [0.717, 1.165) is 0 Å². The Morgan fingerprint density at radius 2 is 1.67 bits per heavy atom. The van der Waals surface area contributed by atoms with Gasteiger partial charge in [0.15, 0.2) is 0 Å². The third kappa shape index (κ3) is 4.49. The first-order valence-electron chi connectivity index (χ1n) is 7.58. The van der Waals surface area contributed by atoms with Crippen LogP contribution in [0.2, 0.25) is 0 Å². The lowest BCUT2D eigenvalue weighted by atomic mass is 10.2. The summed E-state index contributed by atoms with van der Waals surface area (Å²) in [5.74, 6) is -0.0923. The van der Waals surface area contributed by atoms with Gasteiger partial charge in [-0.2, -0.15) is 0 Å². The van der Waals surface area contributed by atoms with E-state index in [1.54, 1.807) is 36.4 Å². The van der Waals surface area contributed by atoms with Gasteiger partial charge in [-0.3, -0.25) is 4.79 Å². The van der Waals surface area contributed by atoms with Crippen LogP contribution >= 0.6 is 0 Å². The zero-order valence-electron chi connectivity index (χ0n) is 13.7. The molecule has 0 aliphatic rings. The van der Waals surface area contributed by atoms with Gasteiger partial charge in [0.25, 0.3) is 0 Å². The number of nitrogens with one attached hydrogen (secondary N) is 2. The Balaban J connectivity index is 2.01. The lowest BCUT2D eigenvalue weighted by Gasteiger charge is -2.13. The van der Waals surface area contributed by atoms with E-state index in [4.69, 9.17) is 9.47 Å². The second-order valence-electron chi connectivity index (χ2n) is 4.87. The molecule has 2 rings (SSSR count). The van der Waals surface area contributed by atoms with Crippen LogP contribution in [0.4, 0.5) is 11.4 Å². The predicted molar refractivity (Wildman–Crippen MR) is 92.5 cm³/mol. The predicted octanol–water partition coefficient (Wildman–Crippen LogP) is 2.92. The first-order valence-corrected chi connectivity index (χ1v) is 7.58. The van der Waals surface area contributed by atoms with E-state index in [9.17, 15) is 9.59 Å². The molecule has 0 saturated carbocycles. The van der Waals surface area contributed by atoms with E-state index in [0.29, 0.717) is 29.3 Å². The van der Waals surface area contributed by atoms with Crippen molar-refractivity contribution < 1.29 is 19.1 Å². The Kier molecular flexibility index (Phi) is 6.19. The van der Waals surface area contributed by atoms with E-state index in [1.807, 2.05) is 19.1 Å². The number of hydrogen-bond acceptors (Lipinski definition) is 5. The van der Waals surface area contributed by atoms with Crippen LogP contribution in [0, 0.1) is 0 Å². The van der Waals surface area contributed by atoms with Crippen molar-refractivity contribution in [2.75, 3.05) is 30.9 Å². The molecule has 0 fully saturated rings. The van der Waals surface area contributed by atoms with Crippen molar-refractivity contribution in [3.63, 3.8) is 0 Å². The molecule has 2 aromatic rings. The van der Waals surface area contributed by atoms with Gasteiger partial charge in [0.05, 0.1) is 31.5 Å². The van der Waals surface area contributed by atoms with Gasteiger partial charge in [-0.1, -0.05) is 24.3 Å². The summed E-state index contributed by atoms with van der Waals surface area (Å²) in [4.78, 5) is 23.9. The number of ether oxygens (including phenoxy) is 2. The second-order valence-corrected chi connectivity index (χ2v) is 4.87. The normalized spacial score (nSPS) is 9.92. The van der Waals surface area contributed by atoms with Crippen LogP contribution in [0.5, 0.6) is 5.75 Å². The number of carbonyl (C=O) groups is 2. The van der Waals surface area contributed by atoms with Gasteiger partial charge in [0.1, 0.15) is 5.75 Å². The minimum absolute atomic E-state index is 0.00840. The first-order chi connectivity index (χ1) is 11.7. The molecule has 0 spiro atoms. The molecule has 0 atom stereocenters. The fourth-order valence-electron chi connectivity index (χ4n) is 2.15. The molecule has 2 N–H and O–H groups in total. The second kappa shape index (κ2) is 8.57. The fraction of sp³-hybridized carbons (Fsp3) is 0.222. The maximum absolute atomic E-state index is 12.1. The van der Waals surface area contributed by atoms with E-state index >= 15 is 0 Å². The highest BCUT2D eigenvalue weighted by Gasteiger charge is 2.12. The van der Waals surface area contributed by atoms with Crippen LogP contribution in [0.1, 0.15) is 17.3 Å². The summed E-state index contributed by atoms with van der Waals surface area (Å²) in [6.07, 6.45) is 0. The van der Waals surface area contributed by atoms with Crippen molar-refractivity contribution in [3.05, 3.63) is 54.1 Å². The number of methoxy groups -OCH3 is 1. The Hall–Kier alpha value is -3.02. The number of carbonyl (C=O) groups excluding carboxylic acids is 2. The van der Waals surface area contributed by atoms with Crippen molar-refractivity contribution >= 4 is 23.3 Å². The smallest absolute Gasteiger partial charge is 0.339 e. The maximum atomic E-state index is 12.1. The summed E-state index contributed by atoms with van der Waals surface area (Å²) >= 11 is 0. The average molecular weight is 328 g/mol. The Morgan fingerprint density at radius 3 is 2.38 bits per heavy atom. The molecule has 0 saturated heterocycles. The third-order valence-corrected chi connectivity index (χ3v) is 3.23. The van der Waals surface area contributed by atoms with Gasteiger partial charge in [-0.25, -0.2) is 4.79 Å². The number of benzene rings is 2. The summed E-state index contributed by atoms with van der Waals surface area (Å²) in [7, 11) is 1.32. The van der Waals surface area contributed by atoms with Crippen LogP contribution in [-0.4, -0.2) is 32.1 Å². The standard InChI is InChI=1S/C18H20N2O4/c1-3-24-16-11-7-6-10-15(16)20-17(21)12-19-14-9-5-4-8-13(14)18(22)23-2/h4-11,19H,3,12H2,1-2H3,(H,20,21). The summed E-state index contributed by atoms with van der Waals surface area (Å²) in [6.45, 7) is 2.40. The highest BCUT2D eigenvalue weighted by molar-refractivity contribution is 5.98. The molecular weight excluding hydrogens is 308 g/mol. The highest BCUT2D eigenvalue weighted by atomic mass is 16.5. The topological polar surface area (TPSA) is 76.7 Å². The molecule has 0 heterocycles. The third-order valence-electron chi connectivity index (χ3n) is 3.23. The zero-order chi connectivity index (χ0) is 17.4. The molecule has 126 valence electrons. The highest BCUT2D eigenvalue weighted by Crippen LogP contribution is 2.23. The molecule has 1 amide bonds. The van der Waals surface area contributed by atoms with E-state index in [-0.39, 0.29) is 12.5 Å². The summed E-state index contributed by atoms with van der Waals surface area (Å²) in [5.41, 5.74) is 1.52. The SMILES string of the molecule is CCOc1ccccc1NC(=O)CNc1ccccc1C(=O)OC. The Morgan fingerprint density at radius 1 is 1.00 bits per heavy atom. The van der Waals surface area contributed by atoms with Crippen molar-refractivity contribution in [2.24, 2.45) is 0 Å². The van der Waals surface area contributed by atoms with E-state index in [2.05, 4.69) is 10.6 Å². The summed E-state index contributed by atoms with van der Waals surface area (Å²) in [5, 5.41) is 5.73. The molecule has 6 heteroatoms. The van der Waals surface area contributed by atoms with Gasteiger partial charge >= 0.3 is 5.97 Å². The number of para-hydroxylation sites is 3. The first kappa shape index (κ1) is 17.3. The van der Waals surface area contributed by atoms with Crippen LogP contribution in [0.15, 0.2) is 48.5 Å². The monoisotopic (exact) mass is 328 g/mol. The van der Waals surface area contributed by atoms with Crippen molar-refractivity contribution in [1.29, 1.82) is 0 Å². The van der Waals surface area contributed by atoms with Gasteiger partial charge in [-0.05, 0) is 31.2 Å². The average Bonchev–Trinajstić information content (AvgIpc) is 2.61. The minimum Gasteiger partial charge on any atom is -0.492 e. The summed E-state index contributed by atoms with van der Waals surface area (Å²) < 4.78 is 10.2. The molecule has 6 nitrogen and oxygen atoms in total. The summed E-state index contributed by atoms with van der Waals surface area (Å²) in [6, 6.07) is 14.1. The lowest BCUT2D eigenvalue weighted by Crippen LogP contribution is -2.23. The number of amides is 1.